The van der Waals surface area contributed by atoms with Crippen molar-refractivity contribution in [2.75, 3.05) is 6.61 Å². The Hall–Kier alpha value is -3.67. The van der Waals surface area contributed by atoms with E-state index in [0.29, 0.717) is 38.9 Å². The number of hydrogen-bond donors (Lipinski definition) is 1. The third-order valence-electron chi connectivity index (χ3n) is 4.52. The van der Waals surface area contributed by atoms with E-state index in [1.807, 2.05) is 18.2 Å². The molecule has 0 aliphatic rings. The van der Waals surface area contributed by atoms with Crippen LogP contribution in [-0.2, 0) is 4.74 Å². The van der Waals surface area contributed by atoms with Crippen LogP contribution in [0.3, 0.4) is 0 Å². The predicted octanol–water partition coefficient (Wildman–Crippen LogP) is 4.92. The number of ether oxygens (including phenoxy) is 1. The third kappa shape index (κ3) is 2.89. The van der Waals surface area contributed by atoms with Crippen molar-refractivity contribution in [3.8, 4) is 5.75 Å². The zero-order valence-electron chi connectivity index (χ0n) is 15.5. The second kappa shape index (κ2) is 7.15. The number of nitrogens with zero attached hydrogens (tertiary/aromatic N) is 2. The molecular weight excluding hydrogens is 356 g/mol. The topological polar surface area (TPSA) is 84.9 Å². The lowest BCUT2D eigenvalue weighted by Crippen LogP contribution is -2.06. The van der Waals surface area contributed by atoms with E-state index in [0.717, 1.165) is 5.39 Å². The van der Waals surface area contributed by atoms with Gasteiger partial charge in [0.25, 0.3) is 0 Å². The van der Waals surface area contributed by atoms with E-state index in [9.17, 15) is 9.90 Å². The molecule has 4 rings (SSSR count). The van der Waals surface area contributed by atoms with Crippen molar-refractivity contribution in [3.05, 3.63) is 65.7 Å². The van der Waals surface area contributed by atoms with Crippen LogP contribution in [0.25, 0.3) is 21.7 Å². The summed E-state index contributed by atoms with van der Waals surface area (Å²) in [5.74, 6) is -0.0259. The summed E-state index contributed by atoms with van der Waals surface area (Å²) >= 11 is 0. The fourth-order valence-corrected chi connectivity index (χ4v) is 3.29. The molecule has 2 aromatic carbocycles. The van der Waals surface area contributed by atoms with E-state index in [1.54, 1.807) is 44.4 Å². The molecule has 0 amide bonds. The van der Waals surface area contributed by atoms with E-state index in [4.69, 9.17) is 9.15 Å². The maximum atomic E-state index is 12.6. The number of furan rings is 1. The van der Waals surface area contributed by atoms with E-state index in [1.165, 1.54) is 6.21 Å². The van der Waals surface area contributed by atoms with Gasteiger partial charge in [-0.3, -0.25) is 9.98 Å². The average molecular weight is 374 g/mol. The molecule has 0 unspecified atom stereocenters. The van der Waals surface area contributed by atoms with Gasteiger partial charge in [-0.2, -0.15) is 0 Å². The number of phenols is 1. The van der Waals surface area contributed by atoms with Crippen LogP contribution in [-0.4, -0.2) is 28.9 Å². The Morgan fingerprint density at radius 3 is 2.64 bits per heavy atom. The van der Waals surface area contributed by atoms with Crippen LogP contribution in [0, 0.1) is 6.92 Å². The van der Waals surface area contributed by atoms with Gasteiger partial charge in [0, 0.05) is 40.3 Å². The Balaban J connectivity index is 2.06. The highest BCUT2D eigenvalue weighted by Crippen LogP contribution is 2.40. The molecule has 0 spiro atoms. The third-order valence-corrected chi connectivity index (χ3v) is 4.52. The molecule has 0 atom stereocenters. The van der Waals surface area contributed by atoms with Gasteiger partial charge in [-0.25, -0.2) is 4.79 Å². The molecule has 0 aliphatic carbocycles. The van der Waals surface area contributed by atoms with E-state index in [2.05, 4.69) is 9.98 Å². The first-order valence-electron chi connectivity index (χ1n) is 8.89. The first-order valence-corrected chi connectivity index (χ1v) is 8.89. The zero-order valence-corrected chi connectivity index (χ0v) is 15.5. The molecular formula is C22H18N2O4. The fraction of sp³-hybridized carbons (Fsp3) is 0.136. The smallest absolute Gasteiger partial charge is 0.342 e. The Labute approximate surface area is 161 Å². The second-order valence-corrected chi connectivity index (χ2v) is 6.23. The number of fused-ring (bicyclic) bond motifs is 3. The number of aromatic nitrogens is 1. The van der Waals surface area contributed by atoms with E-state index < -0.39 is 5.97 Å². The quantitative estimate of drug-likeness (QED) is 0.405. The molecule has 4 aromatic rings. The van der Waals surface area contributed by atoms with Gasteiger partial charge in [0.15, 0.2) is 0 Å². The van der Waals surface area contributed by atoms with Gasteiger partial charge in [-0.1, -0.05) is 24.3 Å². The SMILES string of the molecule is CCOC(=O)c1c(C)oc2c1c(C=Nc1ccncc1)c(O)c1ccccc12. The number of phenolic OH excluding ortho intramolecular Hbond substituents is 1. The van der Waals surface area contributed by atoms with Crippen LogP contribution in [0.1, 0.15) is 28.6 Å². The summed E-state index contributed by atoms with van der Waals surface area (Å²) in [6.07, 6.45) is 4.81. The van der Waals surface area contributed by atoms with Gasteiger partial charge < -0.3 is 14.3 Å². The van der Waals surface area contributed by atoms with Crippen LogP contribution in [0.5, 0.6) is 5.75 Å². The minimum Gasteiger partial charge on any atom is -0.507 e. The molecule has 6 heteroatoms. The van der Waals surface area contributed by atoms with E-state index in [-0.39, 0.29) is 12.4 Å². The first-order chi connectivity index (χ1) is 13.6. The van der Waals surface area contributed by atoms with Crippen molar-refractivity contribution >= 4 is 39.6 Å². The summed E-state index contributed by atoms with van der Waals surface area (Å²) in [4.78, 5) is 21.0. The van der Waals surface area contributed by atoms with Crippen LogP contribution in [0.15, 0.2) is 58.2 Å². The van der Waals surface area contributed by atoms with Gasteiger partial charge >= 0.3 is 5.97 Å². The minimum atomic E-state index is -0.494. The highest BCUT2D eigenvalue weighted by molar-refractivity contribution is 6.21. The van der Waals surface area contributed by atoms with Crippen LogP contribution < -0.4 is 0 Å². The summed E-state index contributed by atoms with van der Waals surface area (Å²) in [6, 6.07) is 10.8. The van der Waals surface area contributed by atoms with Gasteiger partial charge in [0.05, 0.1) is 12.3 Å². The van der Waals surface area contributed by atoms with Crippen molar-refractivity contribution < 1.29 is 19.1 Å². The normalized spacial score (nSPS) is 11.5. The molecule has 0 aliphatic heterocycles. The lowest BCUT2D eigenvalue weighted by Gasteiger charge is -2.08. The average Bonchev–Trinajstić information content (AvgIpc) is 3.06. The van der Waals surface area contributed by atoms with Gasteiger partial charge in [-0.05, 0) is 26.0 Å². The molecule has 2 aromatic heterocycles. The van der Waals surface area contributed by atoms with Crippen molar-refractivity contribution in [2.24, 2.45) is 4.99 Å². The van der Waals surface area contributed by atoms with E-state index >= 15 is 0 Å². The van der Waals surface area contributed by atoms with Crippen LogP contribution >= 0.6 is 0 Å². The largest absolute Gasteiger partial charge is 0.507 e. The summed E-state index contributed by atoms with van der Waals surface area (Å²) in [5.41, 5.74) is 1.90. The molecule has 140 valence electrons. The number of aliphatic imine (C=N–C) groups is 1. The highest BCUT2D eigenvalue weighted by atomic mass is 16.5. The second-order valence-electron chi connectivity index (χ2n) is 6.23. The molecule has 0 saturated heterocycles. The standard InChI is InChI=1S/C22H18N2O4/c1-3-27-22(26)18-13(2)28-21-16-7-5-4-6-15(16)20(25)17(19(18)21)12-24-14-8-10-23-11-9-14/h4-12,25H,3H2,1-2H3. The van der Waals surface area contributed by atoms with Gasteiger partial charge in [-0.15, -0.1) is 0 Å². The Morgan fingerprint density at radius 1 is 1.21 bits per heavy atom. The number of carbonyl (C=O) groups is 1. The first kappa shape index (κ1) is 17.7. The monoisotopic (exact) mass is 374 g/mol. The Morgan fingerprint density at radius 2 is 1.93 bits per heavy atom. The number of hydrogen-bond acceptors (Lipinski definition) is 6. The van der Waals surface area contributed by atoms with Crippen LogP contribution in [0.4, 0.5) is 5.69 Å². The maximum Gasteiger partial charge on any atom is 0.342 e. The number of aryl methyl sites for hydroxylation is 1. The molecule has 0 radical (unpaired) electrons. The Bertz CT molecular complexity index is 1210. The fourth-order valence-electron chi connectivity index (χ4n) is 3.29. The molecule has 6 nitrogen and oxygen atoms in total. The lowest BCUT2D eigenvalue weighted by molar-refractivity contribution is 0.0526. The molecule has 0 fully saturated rings. The number of rotatable bonds is 4. The number of benzene rings is 2. The maximum absolute atomic E-state index is 12.6. The van der Waals surface area contributed by atoms with Gasteiger partial charge in [0.1, 0.15) is 22.7 Å². The van der Waals surface area contributed by atoms with Crippen LogP contribution in [0.2, 0.25) is 0 Å². The summed E-state index contributed by atoms with van der Waals surface area (Å²) in [7, 11) is 0. The predicted molar refractivity (Wildman–Crippen MR) is 108 cm³/mol. The zero-order chi connectivity index (χ0) is 19.7. The molecule has 2 heterocycles. The molecule has 28 heavy (non-hydrogen) atoms. The minimum absolute atomic E-state index is 0.0345. The number of pyridine rings is 1. The molecule has 0 bridgehead atoms. The number of carbonyl (C=O) groups excluding carboxylic acids is 1. The van der Waals surface area contributed by atoms with Crippen molar-refractivity contribution in [2.45, 2.75) is 13.8 Å². The number of aromatic hydroxyl groups is 1. The van der Waals surface area contributed by atoms with Crippen molar-refractivity contribution in [1.82, 2.24) is 4.98 Å². The summed E-state index contributed by atoms with van der Waals surface area (Å²) < 4.78 is 11.2. The number of esters is 1. The molecule has 1 N–H and O–H groups in total. The van der Waals surface area contributed by atoms with Crippen molar-refractivity contribution in [3.63, 3.8) is 0 Å². The summed E-state index contributed by atoms with van der Waals surface area (Å²) in [6.45, 7) is 3.70. The summed E-state index contributed by atoms with van der Waals surface area (Å²) in [5, 5.41) is 12.8. The van der Waals surface area contributed by atoms with Crippen molar-refractivity contribution in [1.29, 1.82) is 0 Å². The molecule has 0 saturated carbocycles. The van der Waals surface area contributed by atoms with Gasteiger partial charge in [0.2, 0.25) is 0 Å². The lowest BCUT2D eigenvalue weighted by atomic mass is 9.98. The highest BCUT2D eigenvalue weighted by Gasteiger charge is 2.25. The Kier molecular flexibility index (Phi) is 4.53.